The molecule has 1 amide bonds. The Morgan fingerprint density at radius 1 is 1.59 bits per heavy atom. The van der Waals surface area contributed by atoms with Gasteiger partial charge in [-0.1, -0.05) is 11.2 Å². The van der Waals surface area contributed by atoms with Gasteiger partial charge in [0.1, 0.15) is 0 Å². The van der Waals surface area contributed by atoms with E-state index in [4.69, 9.17) is 5.53 Å². The minimum absolute atomic E-state index is 0.105. The zero-order valence-corrected chi connectivity index (χ0v) is 9.36. The molecule has 1 aliphatic rings. The lowest BCUT2D eigenvalue weighted by Crippen LogP contribution is -2.25. The molecule has 1 unspecified atom stereocenters. The van der Waals surface area contributed by atoms with Crippen molar-refractivity contribution < 1.29 is 4.79 Å². The van der Waals surface area contributed by atoms with Crippen LogP contribution in [0.2, 0.25) is 0 Å². The lowest BCUT2D eigenvalue weighted by Gasteiger charge is -2.15. The topological polar surface area (TPSA) is 82.0 Å². The van der Waals surface area contributed by atoms with E-state index in [9.17, 15) is 4.79 Å². The number of nitrogens with zero attached hydrogens (tertiary/aromatic N) is 5. The fraction of sp³-hybridized carbons (Fsp3) is 0.455. The molecule has 1 aromatic rings. The van der Waals surface area contributed by atoms with Crippen molar-refractivity contribution in [3.8, 4) is 0 Å². The van der Waals surface area contributed by atoms with E-state index in [2.05, 4.69) is 15.0 Å². The summed E-state index contributed by atoms with van der Waals surface area (Å²) in [4.78, 5) is 20.4. The molecule has 0 N–H and O–H groups in total. The minimum atomic E-state index is 0.105. The first kappa shape index (κ1) is 11.4. The van der Waals surface area contributed by atoms with Crippen LogP contribution in [0.5, 0.6) is 0 Å². The van der Waals surface area contributed by atoms with E-state index in [0.29, 0.717) is 26.1 Å². The Hall–Kier alpha value is -2.07. The van der Waals surface area contributed by atoms with E-state index in [1.165, 1.54) is 0 Å². The van der Waals surface area contributed by atoms with E-state index in [1.807, 2.05) is 18.2 Å². The highest BCUT2D eigenvalue weighted by atomic mass is 16.2. The van der Waals surface area contributed by atoms with Gasteiger partial charge >= 0.3 is 0 Å². The van der Waals surface area contributed by atoms with Crippen molar-refractivity contribution >= 4 is 5.91 Å². The summed E-state index contributed by atoms with van der Waals surface area (Å²) >= 11 is 0. The third kappa shape index (κ3) is 2.95. The Labute approximate surface area is 98.9 Å². The van der Waals surface area contributed by atoms with Gasteiger partial charge in [0.15, 0.2) is 0 Å². The fourth-order valence-electron chi connectivity index (χ4n) is 1.97. The maximum Gasteiger partial charge on any atom is 0.223 e. The maximum absolute atomic E-state index is 11.7. The number of rotatable bonds is 4. The second kappa shape index (κ2) is 5.32. The van der Waals surface area contributed by atoms with Crippen LogP contribution in [-0.4, -0.2) is 28.9 Å². The molecular formula is C11H13N5O. The Morgan fingerprint density at radius 2 is 2.47 bits per heavy atom. The molecule has 1 aromatic heterocycles. The van der Waals surface area contributed by atoms with Gasteiger partial charge in [-0.25, -0.2) is 0 Å². The van der Waals surface area contributed by atoms with Gasteiger partial charge in [-0.2, -0.15) is 0 Å². The molecule has 0 spiro atoms. The van der Waals surface area contributed by atoms with E-state index in [-0.39, 0.29) is 11.8 Å². The Morgan fingerprint density at radius 3 is 3.18 bits per heavy atom. The molecule has 0 radical (unpaired) electrons. The van der Waals surface area contributed by atoms with E-state index in [1.54, 1.807) is 11.1 Å². The zero-order valence-electron chi connectivity index (χ0n) is 9.36. The number of carbonyl (C=O) groups is 1. The number of carbonyl (C=O) groups excluding carboxylic acids is 1. The number of hydrogen-bond acceptors (Lipinski definition) is 3. The highest BCUT2D eigenvalue weighted by Crippen LogP contribution is 2.19. The predicted molar refractivity (Wildman–Crippen MR) is 61.8 cm³/mol. The van der Waals surface area contributed by atoms with Crippen LogP contribution in [0, 0.1) is 5.92 Å². The summed E-state index contributed by atoms with van der Waals surface area (Å²) in [5, 5.41) is 3.52. The third-order valence-corrected chi connectivity index (χ3v) is 2.78. The van der Waals surface area contributed by atoms with Gasteiger partial charge in [0.2, 0.25) is 5.91 Å². The number of likely N-dealkylation sites (tertiary alicyclic amines) is 1. The standard InChI is InChI=1S/C11H13N5O/c12-15-14-6-9-5-11(17)16(7-9)8-10-3-1-2-4-13-10/h1-4,9H,5-8H2. The first-order chi connectivity index (χ1) is 8.29. The second-order valence-corrected chi connectivity index (χ2v) is 4.08. The first-order valence-electron chi connectivity index (χ1n) is 5.48. The fourth-order valence-corrected chi connectivity index (χ4v) is 1.97. The molecule has 0 bridgehead atoms. The van der Waals surface area contributed by atoms with Gasteiger partial charge in [0, 0.05) is 30.6 Å². The van der Waals surface area contributed by atoms with Crippen LogP contribution in [0.15, 0.2) is 29.5 Å². The largest absolute Gasteiger partial charge is 0.336 e. The van der Waals surface area contributed by atoms with Crippen LogP contribution < -0.4 is 0 Å². The van der Waals surface area contributed by atoms with Gasteiger partial charge < -0.3 is 4.90 Å². The molecule has 88 valence electrons. The van der Waals surface area contributed by atoms with Crippen LogP contribution in [0.1, 0.15) is 12.1 Å². The molecule has 6 heteroatoms. The quantitative estimate of drug-likeness (QED) is 0.449. The Kier molecular flexibility index (Phi) is 3.57. The van der Waals surface area contributed by atoms with Crippen molar-refractivity contribution in [1.29, 1.82) is 0 Å². The van der Waals surface area contributed by atoms with Crippen molar-refractivity contribution in [1.82, 2.24) is 9.88 Å². The number of pyridine rings is 1. The molecule has 6 nitrogen and oxygen atoms in total. The lowest BCUT2D eigenvalue weighted by molar-refractivity contribution is -0.128. The van der Waals surface area contributed by atoms with Crippen molar-refractivity contribution in [3.63, 3.8) is 0 Å². The Balaban J connectivity index is 1.94. The SMILES string of the molecule is [N-]=[N+]=NCC1CC(=O)N(Cc2ccccn2)C1. The normalized spacial score (nSPS) is 19.2. The molecule has 1 atom stereocenters. The van der Waals surface area contributed by atoms with Gasteiger partial charge in [0.05, 0.1) is 12.2 Å². The highest BCUT2D eigenvalue weighted by Gasteiger charge is 2.28. The van der Waals surface area contributed by atoms with Crippen LogP contribution >= 0.6 is 0 Å². The van der Waals surface area contributed by atoms with Crippen LogP contribution in [0.3, 0.4) is 0 Å². The van der Waals surface area contributed by atoms with Gasteiger partial charge in [0.25, 0.3) is 0 Å². The number of hydrogen-bond donors (Lipinski definition) is 0. The average molecular weight is 231 g/mol. The lowest BCUT2D eigenvalue weighted by atomic mass is 10.1. The molecule has 2 rings (SSSR count). The van der Waals surface area contributed by atoms with E-state index >= 15 is 0 Å². The number of azide groups is 1. The summed E-state index contributed by atoms with van der Waals surface area (Å²) in [6, 6.07) is 5.65. The molecule has 0 aromatic carbocycles. The van der Waals surface area contributed by atoms with Crippen molar-refractivity contribution in [3.05, 3.63) is 40.5 Å². The number of aromatic nitrogens is 1. The molecule has 0 aliphatic carbocycles. The van der Waals surface area contributed by atoms with Gasteiger partial charge in [-0.15, -0.1) is 0 Å². The second-order valence-electron chi connectivity index (χ2n) is 4.08. The van der Waals surface area contributed by atoms with Crippen LogP contribution in [0.25, 0.3) is 10.4 Å². The monoisotopic (exact) mass is 231 g/mol. The first-order valence-corrected chi connectivity index (χ1v) is 5.48. The molecule has 17 heavy (non-hydrogen) atoms. The molecule has 2 heterocycles. The van der Waals surface area contributed by atoms with Crippen LogP contribution in [0.4, 0.5) is 0 Å². The molecular weight excluding hydrogens is 218 g/mol. The van der Waals surface area contributed by atoms with Crippen molar-refractivity contribution in [2.75, 3.05) is 13.1 Å². The average Bonchev–Trinajstić information content (AvgIpc) is 2.69. The molecule has 0 saturated carbocycles. The predicted octanol–water partition coefficient (Wildman–Crippen LogP) is 1.74. The molecule has 1 fully saturated rings. The van der Waals surface area contributed by atoms with E-state index < -0.39 is 0 Å². The third-order valence-electron chi connectivity index (χ3n) is 2.78. The summed E-state index contributed by atoms with van der Waals surface area (Å²) < 4.78 is 0. The number of amides is 1. The highest BCUT2D eigenvalue weighted by molar-refractivity contribution is 5.78. The maximum atomic E-state index is 11.7. The van der Waals surface area contributed by atoms with Gasteiger partial charge in [-0.05, 0) is 23.6 Å². The smallest absolute Gasteiger partial charge is 0.223 e. The van der Waals surface area contributed by atoms with Crippen molar-refractivity contribution in [2.24, 2.45) is 11.0 Å². The van der Waals surface area contributed by atoms with Gasteiger partial charge in [-0.3, -0.25) is 9.78 Å². The van der Waals surface area contributed by atoms with E-state index in [0.717, 1.165) is 5.69 Å². The molecule has 1 saturated heterocycles. The summed E-state index contributed by atoms with van der Waals surface area (Å²) in [5.41, 5.74) is 9.12. The molecule has 1 aliphatic heterocycles. The summed E-state index contributed by atoms with van der Waals surface area (Å²) in [6.45, 7) is 1.57. The minimum Gasteiger partial charge on any atom is -0.336 e. The summed E-state index contributed by atoms with van der Waals surface area (Å²) in [6.07, 6.45) is 2.18. The summed E-state index contributed by atoms with van der Waals surface area (Å²) in [5.74, 6) is 0.246. The van der Waals surface area contributed by atoms with Crippen LogP contribution in [-0.2, 0) is 11.3 Å². The Bertz CT molecular complexity index is 440. The zero-order chi connectivity index (χ0) is 12.1. The van der Waals surface area contributed by atoms with Crippen molar-refractivity contribution in [2.45, 2.75) is 13.0 Å². The summed E-state index contributed by atoms with van der Waals surface area (Å²) in [7, 11) is 0.